The van der Waals surface area contributed by atoms with Crippen molar-refractivity contribution in [1.29, 1.82) is 0 Å². The number of aromatic nitrogens is 2. The van der Waals surface area contributed by atoms with Gasteiger partial charge in [0.25, 0.3) is 5.91 Å². The second kappa shape index (κ2) is 6.21. The first-order valence-corrected chi connectivity index (χ1v) is 7.03. The van der Waals surface area contributed by atoms with Crippen LogP contribution in [0.4, 0.5) is 18.3 Å². The van der Waals surface area contributed by atoms with Crippen LogP contribution in [0.1, 0.15) is 34.3 Å². The molecule has 2 rings (SSSR count). The van der Waals surface area contributed by atoms with Gasteiger partial charge in [0.2, 0.25) is 10.1 Å². The molecule has 0 atom stereocenters. The molecule has 0 spiro atoms. The number of halogens is 3. The number of nitrogens with zero attached hydrogens (tertiary/aromatic N) is 2. The van der Waals surface area contributed by atoms with Gasteiger partial charge in [0.1, 0.15) is 0 Å². The molecule has 0 aliphatic heterocycles. The van der Waals surface area contributed by atoms with Crippen LogP contribution in [0.15, 0.2) is 24.3 Å². The van der Waals surface area contributed by atoms with Crippen molar-refractivity contribution in [3.63, 3.8) is 0 Å². The molecular weight excluding hydrogens is 303 g/mol. The molecule has 8 heteroatoms. The Balaban J connectivity index is 2.05. The second-order valence-corrected chi connectivity index (χ2v) is 5.29. The molecule has 1 aromatic heterocycles. The van der Waals surface area contributed by atoms with Gasteiger partial charge in [0.15, 0.2) is 0 Å². The number of alkyl halides is 3. The van der Waals surface area contributed by atoms with Crippen LogP contribution >= 0.6 is 11.3 Å². The van der Waals surface area contributed by atoms with Crippen LogP contribution in [0, 0.1) is 0 Å². The van der Waals surface area contributed by atoms with Crippen molar-refractivity contribution in [3.05, 3.63) is 40.4 Å². The Kier molecular flexibility index (Phi) is 4.56. The topological polar surface area (TPSA) is 54.9 Å². The van der Waals surface area contributed by atoms with Gasteiger partial charge in [-0.2, -0.15) is 13.2 Å². The van der Waals surface area contributed by atoms with E-state index in [1.807, 2.05) is 19.1 Å². The highest BCUT2D eigenvalue weighted by atomic mass is 32.1. The van der Waals surface area contributed by atoms with Gasteiger partial charge in [-0.3, -0.25) is 10.1 Å². The predicted octanol–water partition coefficient (Wildman–Crippen LogP) is 3.76. The normalized spacial score (nSPS) is 11.4. The van der Waals surface area contributed by atoms with Crippen LogP contribution in [-0.4, -0.2) is 16.1 Å². The summed E-state index contributed by atoms with van der Waals surface area (Å²) in [5, 5.41) is 7.36. The highest BCUT2D eigenvalue weighted by Crippen LogP contribution is 2.33. The molecule has 1 aromatic carbocycles. The summed E-state index contributed by atoms with van der Waals surface area (Å²) >= 11 is 0.295. The van der Waals surface area contributed by atoms with E-state index < -0.39 is 17.1 Å². The molecule has 0 aliphatic carbocycles. The lowest BCUT2D eigenvalue weighted by molar-refractivity contribution is -0.138. The summed E-state index contributed by atoms with van der Waals surface area (Å²) in [6.07, 6.45) is -2.65. The zero-order chi connectivity index (χ0) is 15.5. The van der Waals surface area contributed by atoms with Gasteiger partial charge < -0.3 is 0 Å². The fourth-order valence-electron chi connectivity index (χ4n) is 1.67. The Hall–Kier alpha value is -1.96. The molecule has 2 aromatic rings. The van der Waals surface area contributed by atoms with Gasteiger partial charge in [-0.15, -0.1) is 10.2 Å². The molecule has 0 fully saturated rings. The Bertz CT molecular complexity index is 622. The minimum Gasteiger partial charge on any atom is -0.296 e. The number of anilines is 1. The van der Waals surface area contributed by atoms with Gasteiger partial charge in [-0.25, -0.2) is 0 Å². The Labute approximate surface area is 123 Å². The molecule has 0 saturated heterocycles. The highest BCUT2D eigenvalue weighted by molar-refractivity contribution is 7.15. The lowest BCUT2D eigenvalue weighted by Gasteiger charge is -2.03. The molecule has 0 radical (unpaired) electrons. The first kappa shape index (κ1) is 15.4. The first-order valence-electron chi connectivity index (χ1n) is 6.21. The molecule has 112 valence electrons. The standard InChI is InChI=1S/C13H12F3N3OS/c1-2-3-8-4-6-9(7-5-8)10(20)17-12-19-18-11(21-12)13(14,15)16/h4-7H,2-3H2,1H3,(H,17,19,20). The van der Waals surface area contributed by atoms with E-state index in [-0.39, 0.29) is 5.13 Å². The number of hydrogen-bond acceptors (Lipinski definition) is 4. The van der Waals surface area contributed by atoms with Crippen LogP contribution in [0.25, 0.3) is 0 Å². The average molecular weight is 315 g/mol. The van der Waals surface area contributed by atoms with E-state index >= 15 is 0 Å². The smallest absolute Gasteiger partial charge is 0.296 e. The first-order chi connectivity index (χ1) is 9.90. The lowest BCUT2D eigenvalue weighted by atomic mass is 10.1. The Morgan fingerprint density at radius 2 is 1.90 bits per heavy atom. The second-order valence-electron chi connectivity index (χ2n) is 4.31. The number of aryl methyl sites for hydroxylation is 1. The number of benzene rings is 1. The minimum atomic E-state index is -4.55. The van der Waals surface area contributed by atoms with E-state index in [0.717, 1.165) is 18.4 Å². The van der Waals surface area contributed by atoms with E-state index in [1.54, 1.807) is 12.1 Å². The zero-order valence-corrected chi connectivity index (χ0v) is 11.9. The Morgan fingerprint density at radius 1 is 1.24 bits per heavy atom. The van der Waals surface area contributed by atoms with E-state index in [9.17, 15) is 18.0 Å². The predicted molar refractivity (Wildman–Crippen MR) is 73.3 cm³/mol. The maximum Gasteiger partial charge on any atom is 0.445 e. The third-order valence-electron chi connectivity index (χ3n) is 2.64. The third-order valence-corrected chi connectivity index (χ3v) is 3.53. The van der Waals surface area contributed by atoms with Crippen LogP contribution in [0.5, 0.6) is 0 Å². The fraction of sp³-hybridized carbons (Fsp3) is 0.308. The summed E-state index contributed by atoms with van der Waals surface area (Å²) in [4.78, 5) is 11.9. The van der Waals surface area contributed by atoms with E-state index in [0.29, 0.717) is 16.9 Å². The molecule has 1 heterocycles. The van der Waals surface area contributed by atoms with Crippen LogP contribution in [-0.2, 0) is 12.6 Å². The van der Waals surface area contributed by atoms with Crippen molar-refractivity contribution in [2.45, 2.75) is 25.9 Å². The number of amides is 1. The van der Waals surface area contributed by atoms with Crippen molar-refractivity contribution < 1.29 is 18.0 Å². The number of carbonyl (C=O) groups is 1. The molecule has 1 amide bonds. The molecule has 0 saturated carbocycles. The van der Waals surface area contributed by atoms with Crippen molar-refractivity contribution in [2.75, 3.05) is 5.32 Å². The maximum absolute atomic E-state index is 12.4. The summed E-state index contributed by atoms with van der Waals surface area (Å²) in [5.41, 5.74) is 1.46. The van der Waals surface area contributed by atoms with Gasteiger partial charge in [0.05, 0.1) is 0 Å². The van der Waals surface area contributed by atoms with E-state index in [4.69, 9.17) is 0 Å². The van der Waals surface area contributed by atoms with Gasteiger partial charge in [0, 0.05) is 5.56 Å². The lowest BCUT2D eigenvalue weighted by Crippen LogP contribution is -2.11. The quantitative estimate of drug-likeness (QED) is 0.934. The van der Waals surface area contributed by atoms with Crippen LogP contribution < -0.4 is 5.32 Å². The summed E-state index contributed by atoms with van der Waals surface area (Å²) in [5.74, 6) is -0.511. The summed E-state index contributed by atoms with van der Waals surface area (Å²) < 4.78 is 37.1. The van der Waals surface area contributed by atoms with Crippen molar-refractivity contribution >= 4 is 22.4 Å². The van der Waals surface area contributed by atoms with Gasteiger partial charge in [-0.05, 0) is 24.1 Å². The molecule has 4 nitrogen and oxygen atoms in total. The SMILES string of the molecule is CCCc1ccc(C(=O)Nc2nnc(C(F)(F)F)s2)cc1. The average Bonchev–Trinajstić information content (AvgIpc) is 2.88. The maximum atomic E-state index is 12.4. The molecular formula is C13H12F3N3OS. The number of nitrogens with one attached hydrogen (secondary N) is 1. The summed E-state index contributed by atoms with van der Waals surface area (Å²) in [6.45, 7) is 2.05. The summed E-state index contributed by atoms with van der Waals surface area (Å²) in [7, 11) is 0. The molecule has 21 heavy (non-hydrogen) atoms. The number of rotatable bonds is 4. The van der Waals surface area contributed by atoms with Crippen molar-refractivity contribution in [1.82, 2.24) is 10.2 Å². The third kappa shape index (κ3) is 4.01. The molecule has 0 bridgehead atoms. The minimum absolute atomic E-state index is 0.176. The van der Waals surface area contributed by atoms with Gasteiger partial charge >= 0.3 is 6.18 Å². The van der Waals surface area contributed by atoms with E-state index in [2.05, 4.69) is 15.5 Å². The van der Waals surface area contributed by atoms with Crippen LogP contribution in [0.2, 0.25) is 0 Å². The monoisotopic (exact) mass is 315 g/mol. The van der Waals surface area contributed by atoms with E-state index in [1.165, 1.54) is 0 Å². The van der Waals surface area contributed by atoms with Gasteiger partial charge in [-0.1, -0.05) is 36.8 Å². The van der Waals surface area contributed by atoms with Crippen molar-refractivity contribution in [2.24, 2.45) is 0 Å². The number of carbonyl (C=O) groups excluding carboxylic acids is 1. The molecule has 1 N–H and O–H groups in total. The highest BCUT2D eigenvalue weighted by Gasteiger charge is 2.35. The largest absolute Gasteiger partial charge is 0.445 e. The molecule has 0 aliphatic rings. The fourth-order valence-corrected chi connectivity index (χ4v) is 2.27. The van der Waals surface area contributed by atoms with Crippen LogP contribution in [0.3, 0.4) is 0 Å². The Morgan fingerprint density at radius 3 is 2.43 bits per heavy atom. The molecule has 0 unspecified atom stereocenters. The zero-order valence-electron chi connectivity index (χ0n) is 11.1. The van der Waals surface area contributed by atoms with Crippen molar-refractivity contribution in [3.8, 4) is 0 Å². The summed E-state index contributed by atoms with van der Waals surface area (Å²) in [6, 6.07) is 6.90. The number of hydrogen-bond donors (Lipinski definition) is 1.